The largest absolute Gasteiger partial charge is 0.459 e. The molecule has 2 aromatic heterocycles. The van der Waals surface area contributed by atoms with Crippen molar-refractivity contribution in [2.24, 2.45) is 4.36 Å². The number of aryl methyl sites for hydroxylation is 2. The van der Waals surface area contributed by atoms with Gasteiger partial charge in [0.25, 0.3) is 11.8 Å². The number of benzene rings is 2. The minimum absolute atomic E-state index is 0.154. The predicted molar refractivity (Wildman–Crippen MR) is 166 cm³/mol. The summed E-state index contributed by atoms with van der Waals surface area (Å²) in [6.45, 7) is 2.50. The van der Waals surface area contributed by atoms with Crippen molar-refractivity contribution < 1.29 is 28.4 Å². The molecule has 2 heterocycles. The summed E-state index contributed by atoms with van der Waals surface area (Å²) >= 11 is 0. The highest BCUT2D eigenvalue weighted by molar-refractivity contribution is 7.75. The van der Waals surface area contributed by atoms with Crippen LogP contribution in [0.25, 0.3) is 0 Å². The number of aliphatic hydroxyl groups excluding tert-OH is 2. The van der Waals surface area contributed by atoms with Gasteiger partial charge in [-0.25, -0.2) is 0 Å². The molecule has 10 nitrogen and oxygen atoms in total. The number of hydrogen-bond acceptors (Lipinski definition) is 9. The van der Waals surface area contributed by atoms with Crippen LogP contribution in [0, 0.1) is 18.8 Å². The Labute approximate surface area is 258 Å². The average molecular weight is 614 g/mol. The highest BCUT2D eigenvalue weighted by atomic mass is 32.2. The summed E-state index contributed by atoms with van der Waals surface area (Å²) in [6.07, 6.45) is 4.85. The first-order valence-electron chi connectivity index (χ1n) is 13.9. The number of rotatable bonds is 11. The predicted octanol–water partition coefficient (Wildman–Crippen LogP) is 4.20. The van der Waals surface area contributed by atoms with Gasteiger partial charge in [0.05, 0.1) is 24.5 Å². The van der Waals surface area contributed by atoms with Gasteiger partial charge in [-0.3, -0.25) is 14.6 Å². The second-order valence-corrected chi connectivity index (χ2v) is 11.3. The molecule has 4 aromatic rings. The quantitative estimate of drug-likeness (QED) is 0.169. The molecular weight excluding hydrogens is 580 g/mol. The van der Waals surface area contributed by atoms with Gasteiger partial charge in [-0.2, -0.15) is 10.6 Å². The number of pyridine rings is 1. The van der Waals surface area contributed by atoms with Crippen molar-refractivity contribution in [2.45, 2.75) is 30.8 Å². The number of aromatic nitrogens is 1. The molecule has 11 heteroatoms. The highest BCUT2D eigenvalue weighted by Gasteiger charge is 2.13. The Morgan fingerprint density at radius 2 is 1.89 bits per heavy atom. The van der Waals surface area contributed by atoms with E-state index in [1.165, 1.54) is 24.7 Å². The summed E-state index contributed by atoms with van der Waals surface area (Å²) in [5.41, 5.74) is 3.35. The monoisotopic (exact) mass is 613 g/mol. The zero-order valence-corrected chi connectivity index (χ0v) is 25.2. The number of nitrogens with one attached hydrogen (secondary N) is 1. The van der Waals surface area contributed by atoms with Crippen LogP contribution in [-0.2, 0) is 21.2 Å². The summed E-state index contributed by atoms with van der Waals surface area (Å²) in [5, 5.41) is 21.4. The summed E-state index contributed by atoms with van der Waals surface area (Å²) in [4.78, 5) is 31.9. The Hall–Kier alpha value is -4.60. The number of anilines is 1. The van der Waals surface area contributed by atoms with Crippen LogP contribution >= 0.6 is 0 Å². The number of amides is 2. The SMILES string of the molecule is Cc1ccoc1C(=O)Nc1cccc(C#Cc2cncc(C(=O)N=[S-](=O)c3ccccc3CCCN(C)CC(O)CO)c2)c1. The minimum atomic E-state index is -1.93. The Bertz CT molecular complexity index is 1770. The van der Waals surface area contributed by atoms with Gasteiger partial charge in [0.15, 0.2) is 5.76 Å². The van der Waals surface area contributed by atoms with E-state index in [4.69, 9.17) is 9.52 Å². The maximum Gasteiger partial charge on any atom is 0.291 e. The fraction of sp³-hybridized carbons (Fsp3) is 0.242. The van der Waals surface area contributed by atoms with Gasteiger partial charge in [0.1, 0.15) is 0 Å². The van der Waals surface area contributed by atoms with Crippen LogP contribution in [0.1, 0.15) is 49.6 Å². The third-order valence-corrected chi connectivity index (χ3v) is 7.68. The van der Waals surface area contributed by atoms with Gasteiger partial charge in [-0.05, 0) is 63.7 Å². The van der Waals surface area contributed by atoms with Crippen LogP contribution in [0.5, 0.6) is 0 Å². The zero-order chi connectivity index (χ0) is 31.5. The Kier molecular flexibility index (Phi) is 11.6. The molecule has 44 heavy (non-hydrogen) atoms. The van der Waals surface area contributed by atoms with Crippen molar-refractivity contribution in [1.29, 1.82) is 0 Å². The van der Waals surface area contributed by atoms with E-state index in [0.29, 0.717) is 41.2 Å². The van der Waals surface area contributed by atoms with E-state index < -0.39 is 22.6 Å². The second-order valence-electron chi connectivity index (χ2n) is 10.1. The molecule has 0 saturated carbocycles. The van der Waals surface area contributed by atoms with Gasteiger partial charge in [0.2, 0.25) is 0 Å². The van der Waals surface area contributed by atoms with E-state index in [2.05, 4.69) is 26.5 Å². The van der Waals surface area contributed by atoms with E-state index >= 15 is 0 Å². The molecule has 0 bridgehead atoms. The molecule has 0 aliphatic heterocycles. The molecule has 3 N–H and O–H groups in total. The Morgan fingerprint density at radius 1 is 1.09 bits per heavy atom. The van der Waals surface area contributed by atoms with Gasteiger partial charge in [-0.15, -0.1) is 0 Å². The molecule has 0 spiro atoms. The average Bonchev–Trinajstić information content (AvgIpc) is 3.46. The zero-order valence-electron chi connectivity index (χ0n) is 24.4. The lowest BCUT2D eigenvalue weighted by molar-refractivity contribution is 0.0664. The summed E-state index contributed by atoms with van der Waals surface area (Å²) in [6, 6.07) is 17.4. The highest BCUT2D eigenvalue weighted by Crippen LogP contribution is 2.17. The first-order valence-corrected chi connectivity index (χ1v) is 15.0. The number of nitrogens with zero attached hydrogens (tertiary/aromatic N) is 3. The normalized spacial score (nSPS) is 12.4. The van der Waals surface area contributed by atoms with E-state index in [1.807, 2.05) is 24.1 Å². The fourth-order valence-corrected chi connectivity index (χ4v) is 5.29. The van der Waals surface area contributed by atoms with Crippen molar-refractivity contribution >= 4 is 28.1 Å². The van der Waals surface area contributed by atoms with Crippen molar-refractivity contribution in [2.75, 3.05) is 32.1 Å². The summed E-state index contributed by atoms with van der Waals surface area (Å²) in [5.74, 6) is 5.18. The summed E-state index contributed by atoms with van der Waals surface area (Å²) < 4.78 is 22.3. The van der Waals surface area contributed by atoms with Gasteiger partial charge < -0.3 is 33.4 Å². The molecule has 4 rings (SSSR count). The van der Waals surface area contributed by atoms with E-state index in [0.717, 1.165) is 17.5 Å². The molecule has 0 radical (unpaired) electrons. The molecule has 0 aliphatic rings. The number of carbonyl (C=O) groups is 2. The first-order chi connectivity index (χ1) is 21.2. The molecule has 0 fully saturated rings. The number of hydrogen-bond donors (Lipinski definition) is 3. The number of furan rings is 1. The van der Waals surface area contributed by atoms with Gasteiger partial charge in [-0.1, -0.05) is 52.6 Å². The van der Waals surface area contributed by atoms with Crippen LogP contribution < -0.4 is 5.32 Å². The van der Waals surface area contributed by atoms with Crippen LogP contribution in [0.3, 0.4) is 0 Å². The van der Waals surface area contributed by atoms with Crippen molar-refractivity contribution in [1.82, 2.24) is 9.88 Å². The van der Waals surface area contributed by atoms with Gasteiger partial charge >= 0.3 is 0 Å². The number of likely N-dealkylation sites (N-methyl/N-ethyl adjacent to an activating group) is 1. The van der Waals surface area contributed by atoms with Crippen LogP contribution in [-0.4, -0.2) is 64.8 Å². The van der Waals surface area contributed by atoms with Crippen LogP contribution in [0.2, 0.25) is 0 Å². The maximum absolute atomic E-state index is 13.1. The molecule has 1 unspecified atom stereocenters. The molecule has 228 valence electrons. The Morgan fingerprint density at radius 3 is 2.66 bits per heavy atom. The molecule has 2 aromatic carbocycles. The lowest BCUT2D eigenvalue weighted by atomic mass is 10.1. The smallest absolute Gasteiger partial charge is 0.291 e. The van der Waals surface area contributed by atoms with Crippen molar-refractivity contribution in [3.05, 3.63) is 113 Å². The fourth-order valence-electron chi connectivity index (χ4n) is 4.34. The standard InChI is InChI=1S/C33H33N4O6S/c1-23-14-16-43-31(23)33(41)35-28-10-5-7-24(18-28)12-13-25-17-27(20-34-19-25)32(40)36-44(42)30-11-4-3-8-26(30)9-6-15-37(2)21-29(39)22-38/h3-5,7-8,10-11,14,16-20,29,38-39H,6,9,15,21-22H2,1-2H3,(H,35,41)/q-1. The van der Waals surface area contributed by atoms with Crippen molar-refractivity contribution in [3.63, 3.8) is 0 Å². The second kappa shape index (κ2) is 15.7. The van der Waals surface area contributed by atoms with Crippen LogP contribution in [0.15, 0.2) is 93.0 Å². The van der Waals surface area contributed by atoms with E-state index in [1.54, 1.807) is 49.4 Å². The van der Waals surface area contributed by atoms with Crippen molar-refractivity contribution in [3.8, 4) is 11.8 Å². The lowest BCUT2D eigenvalue weighted by Gasteiger charge is -2.20. The summed E-state index contributed by atoms with van der Waals surface area (Å²) in [7, 11) is -0.0751. The third kappa shape index (κ3) is 9.20. The number of aliphatic hydroxyl groups is 2. The maximum atomic E-state index is 13.1. The molecular formula is C33H33N4O6S-. The molecule has 2 amide bonds. The molecule has 0 aliphatic carbocycles. The van der Waals surface area contributed by atoms with Crippen LogP contribution in [0.4, 0.5) is 5.69 Å². The van der Waals surface area contributed by atoms with Gasteiger partial charge in [0, 0.05) is 41.3 Å². The topological polar surface area (TPSA) is 145 Å². The van der Waals surface area contributed by atoms with E-state index in [-0.39, 0.29) is 23.8 Å². The lowest BCUT2D eigenvalue weighted by Crippen LogP contribution is -2.32. The van der Waals surface area contributed by atoms with E-state index in [9.17, 15) is 18.9 Å². The minimum Gasteiger partial charge on any atom is -0.459 e. The third-order valence-electron chi connectivity index (χ3n) is 6.57. The molecule has 0 saturated heterocycles. The Balaban J connectivity index is 1.42. The molecule has 1 atom stereocenters. The number of carbonyl (C=O) groups excluding carboxylic acids is 2. The first kappa shape index (κ1) is 32.3.